The highest BCUT2D eigenvalue weighted by molar-refractivity contribution is 8.24. The van der Waals surface area contributed by atoms with Crippen molar-refractivity contribution in [3.8, 4) is 0 Å². The molecule has 1 aromatic heterocycles. The van der Waals surface area contributed by atoms with Gasteiger partial charge < -0.3 is 0 Å². The smallest absolute Gasteiger partial charge is 0.0177 e. The van der Waals surface area contributed by atoms with E-state index in [1.54, 1.807) is 15.7 Å². The molecule has 1 aromatic rings. The monoisotopic (exact) mass is 134 g/mol. The van der Waals surface area contributed by atoms with Crippen molar-refractivity contribution in [1.29, 1.82) is 0 Å². The molecule has 32 valence electrons. The van der Waals surface area contributed by atoms with Crippen molar-refractivity contribution in [2.75, 3.05) is 0 Å². The maximum Gasteiger partial charge on any atom is -0.0177 e. The molecule has 0 aliphatic carbocycles. The molecular formula is C3H5P3. The minimum Gasteiger partial charge on any atom is -0.0706 e. The number of aryl methyl sites for hydroxylation is 1. The molecule has 0 aliphatic heterocycles. The number of hydrogen-bond donors (Lipinski definition) is 0. The van der Waals surface area contributed by atoms with Crippen LogP contribution >= 0.6 is 22.6 Å². The van der Waals surface area contributed by atoms with E-state index >= 15 is 0 Å². The summed E-state index contributed by atoms with van der Waals surface area (Å²) < 4.78 is 0. The van der Waals surface area contributed by atoms with Gasteiger partial charge in [0.15, 0.2) is 0 Å². The van der Waals surface area contributed by atoms with Crippen molar-refractivity contribution in [2.24, 2.45) is 6.66 Å². The van der Waals surface area contributed by atoms with E-state index in [2.05, 4.69) is 18.3 Å². The average molecular weight is 134 g/mol. The number of hydrogen-bond acceptors (Lipinski definition) is 0. The van der Waals surface area contributed by atoms with E-state index in [1.165, 1.54) is 0 Å². The third-order valence-corrected chi connectivity index (χ3v) is 6.67. The summed E-state index contributed by atoms with van der Waals surface area (Å²) in [6, 6.07) is 0. The fourth-order valence-corrected chi connectivity index (χ4v) is 5.22. The van der Waals surface area contributed by atoms with Crippen molar-refractivity contribution in [2.45, 2.75) is 0 Å². The van der Waals surface area contributed by atoms with Crippen molar-refractivity contribution >= 4 is 22.6 Å². The van der Waals surface area contributed by atoms with Gasteiger partial charge in [-0.15, -0.1) is 0 Å². The summed E-state index contributed by atoms with van der Waals surface area (Å²) in [5.74, 6) is 4.49. The Balaban J connectivity index is 3.05. The van der Waals surface area contributed by atoms with Gasteiger partial charge in [-0.25, -0.2) is 0 Å². The van der Waals surface area contributed by atoms with Crippen LogP contribution in [-0.2, 0) is 6.66 Å². The highest BCUT2D eigenvalue weighted by Gasteiger charge is 1.74. The first-order chi connectivity index (χ1) is 2.89. The van der Waals surface area contributed by atoms with E-state index < -0.39 is 0 Å². The predicted octanol–water partition coefficient (Wildman–Crippen LogP) is 3.37. The molecule has 0 aromatic carbocycles. The summed E-state index contributed by atoms with van der Waals surface area (Å²) in [4.78, 5) is 0. The predicted molar refractivity (Wildman–Crippen MR) is 35.2 cm³/mol. The molecule has 1 rings (SSSR count). The Hall–Kier alpha value is 0.640. The molecule has 1 heterocycles. The molecule has 0 unspecified atom stereocenters. The maximum atomic E-state index is 2.32. The lowest BCUT2D eigenvalue weighted by molar-refractivity contribution is 2.19. The largest absolute Gasteiger partial charge is 0.0706 e. The Bertz CT molecular complexity index is 110. The Kier molecular flexibility index (Phi) is 1.66. The van der Waals surface area contributed by atoms with Crippen molar-refractivity contribution in [1.82, 2.24) is 0 Å². The topological polar surface area (TPSA) is 0 Å². The van der Waals surface area contributed by atoms with Gasteiger partial charge in [-0.3, -0.25) is 0 Å². The van der Waals surface area contributed by atoms with Crippen molar-refractivity contribution in [3.63, 3.8) is 0 Å². The lowest BCUT2D eigenvalue weighted by Crippen LogP contribution is -1.06. The van der Waals surface area contributed by atoms with E-state index in [0.29, 0.717) is 6.89 Å². The summed E-state index contributed by atoms with van der Waals surface area (Å²) in [6.07, 6.45) is 0. The van der Waals surface area contributed by atoms with Crippen LogP contribution < -0.4 is 0 Å². The molecule has 0 atom stereocenters. The molecule has 0 fully saturated rings. The zero-order valence-electron chi connectivity index (χ0n) is 3.50. The Morgan fingerprint density at radius 2 is 1.83 bits per heavy atom. The molecule has 0 radical (unpaired) electrons. The van der Waals surface area contributed by atoms with Gasteiger partial charge >= 0.3 is 0 Å². The van der Waals surface area contributed by atoms with Gasteiger partial charge in [-0.05, 0) is 34.0 Å². The SMILES string of the molecule is Cp1pccp1. The highest BCUT2D eigenvalue weighted by Crippen LogP contribution is 2.44. The summed E-state index contributed by atoms with van der Waals surface area (Å²) in [6.45, 7) is 2.69. The number of rotatable bonds is 0. The van der Waals surface area contributed by atoms with Gasteiger partial charge in [-0.2, -0.15) is 0 Å². The fourth-order valence-electron chi connectivity index (χ4n) is 0.282. The lowest BCUT2D eigenvalue weighted by Gasteiger charge is -1.67. The van der Waals surface area contributed by atoms with Gasteiger partial charge in [0.1, 0.15) is 0 Å². The van der Waals surface area contributed by atoms with E-state index in [4.69, 9.17) is 0 Å². The quantitative estimate of drug-likeness (QED) is 0.510. The van der Waals surface area contributed by atoms with Crippen LogP contribution in [-0.4, -0.2) is 0 Å². The van der Waals surface area contributed by atoms with Crippen LogP contribution in [0.2, 0.25) is 0 Å². The van der Waals surface area contributed by atoms with Gasteiger partial charge in [-0.1, -0.05) is 6.89 Å². The normalized spacial score (nSPS) is 14.5. The standard InChI is InChI=1S/C3H5P3/c1-6-4-2-3-5-6/h2-3H,1H3. The van der Waals surface area contributed by atoms with E-state index in [1.807, 2.05) is 0 Å². The molecule has 0 amide bonds. The second-order valence-corrected chi connectivity index (χ2v) is 8.99. The minimum absolute atomic E-state index is 0.368. The fraction of sp³-hybridized carbons (Fsp3) is 0.333. The first-order valence-corrected chi connectivity index (χ1v) is 6.82. The molecule has 0 bridgehead atoms. The Labute approximate surface area is 41.6 Å². The van der Waals surface area contributed by atoms with Crippen LogP contribution in [0.5, 0.6) is 0 Å². The van der Waals surface area contributed by atoms with Crippen LogP contribution in [0.25, 0.3) is 0 Å². The van der Waals surface area contributed by atoms with Crippen LogP contribution in [0.15, 0.2) is 11.6 Å². The molecular weight excluding hydrogens is 129 g/mol. The van der Waals surface area contributed by atoms with Gasteiger partial charge in [0.25, 0.3) is 0 Å². The maximum absolute atomic E-state index is 2.32. The van der Waals surface area contributed by atoms with Crippen LogP contribution in [0.3, 0.4) is 0 Å². The molecule has 6 heavy (non-hydrogen) atoms. The zero-order chi connectivity index (χ0) is 4.41. The molecule has 0 saturated heterocycles. The Morgan fingerprint density at radius 1 is 1.33 bits per heavy atom. The Morgan fingerprint density at radius 3 is 2.00 bits per heavy atom. The minimum atomic E-state index is 0.368. The van der Waals surface area contributed by atoms with Gasteiger partial charge in [0, 0.05) is 0 Å². The van der Waals surface area contributed by atoms with E-state index in [0.717, 1.165) is 0 Å². The average Bonchev–Trinajstić information content (AvgIpc) is 1.86. The lowest BCUT2D eigenvalue weighted by atomic mass is 11.2. The third kappa shape index (κ3) is 1.05. The van der Waals surface area contributed by atoms with Crippen molar-refractivity contribution in [3.05, 3.63) is 11.6 Å². The summed E-state index contributed by atoms with van der Waals surface area (Å²) in [5.41, 5.74) is 0. The first-order valence-electron chi connectivity index (χ1n) is 1.70. The first kappa shape index (κ1) is 4.79. The summed E-state index contributed by atoms with van der Waals surface area (Å²) >= 11 is 0. The molecule has 0 saturated carbocycles. The molecule has 3 heteroatoms. The van der Waals surface area contributed by atoms with Gasteiger partial charge in [0.2, 0.25) is 0 Å². The van der Waals surface area contributed by atoms with E-state index in [9.17, 15) is 0 Å². The van der Waals surface area contributed by atoms with Crippen LogP contribution in [0.4, 0.5) is 0 Å². The van der Waals surface area contributed by atoms with Crippen LogP contribution in [0.1, 0.15) is 0 Å². The zero-order valence-corrected chi connectivity index (χ0v) is 6.18. The second-order valence-electron chi connectivity index (χ2n) is 1.02. The molecule has 0 N–H and O–H groups in total. The molecule has 0 aliphatic rings. The highest BCUT2D eigenvalue weighted by atomic mass is 32.2. The van der Waals surface area contributed by atoms with Crippen LogP contribution in [0, 0.1) is 0 Å². The summed E-state index contributed by atoms with van der Waals surface area (Å²) in [5, 5.41) is 0. The second kappa shape index (κ2) is 2.08. The third-order valence-electron chi connectivity index (χ3n) is 0.534. The van der Waals surface area contributed by atoms with Crippen molar-refractivity contribution < 1.29 is 0 Å². The summed E-state index contributed by atoms with van der Waals surface area (Å²) in [7, 11) is 3.12. The molecule has 0 nitrogen and oxygen atoms in total. The molecule has 0 spiro atoms. The van der Waals surface area contributed by atoms with Gasteiger partial charge in [0.05, 0.1) is 0 Å². The van der Waals surface area contributed by atoms with E-state index in [-0.39, 0.29) is 0 Å².